The summed E-state index contributed by atoms with van der Waals surface area (Å²) in [4.78, 5) is 4.69. The summed E-state index contributed by atoms with van der Waals surface area (Å²) in [6, 6.07) is 12.6. The molecule has 0 unspecified atom stereocenters. The summed E-state index contributed by atoms with van der Waals surface area (Å²) in [5, 5.41) is 0. The fourth-order valence-electron chi connectivity index (χ4n) is 2.84. The van der Waals surface area contributed by atoms with Gasteiger partial charge < -0.3 is 9.30 Å². The third-order valence-corrected chi connectivity index (χ3v) is 3.98. The summed E-state index contributed by atoms with van der Waals surface area (Å²) in [7, 11) is 1.62. The Morgan fingerprint density at radius 1 is 1.17 bits per heavy atom. The maximum absolute atomic E-state index is 14.3. The predicted molar refractivity (Wildman–Crippen MR) is 95.7 cm³/mol. The molecule has 4 heteroatoms. The molecule has 0 saturated heterocycles. The van der Waals surface area contributed by atoms with E-state index in [-0.39, 0.29) is 5.82 Å². The first-order valence-corrected chi connectivity index (χ1v) is 8.03. The zero-order valence-electron chi connectivity index (χ0n) is 14.2. The smallest absolute Gasteiger partial charge is 0.146 e. The van der Waals surface area contributed by atoms with Crippen LogP contribution >= 0.6 is 0 Å². The zero-order chi connectivity index (χ0) is 17.1. The SMILES string of the molecule is COc1cccc2c1nc(-c1ccccc1F)n2CCC=C(C)C. The standard InChI is InChI=1S/C20H21FN2O/c1-14(2)8-7-13-23-17-11-6-12-18(24-3)19(17)22-20(23)15-9-4-5-10-16(15)21/h4-6,8-12H,7,13H2,1-3H3. The van der Waals surface area contributed by atoms with Gasteiger partial charge in [0, 0.05) is 6.54 Å². The van der Waals surface area contributed by atoms with E-state index >= 15 is 0 Å². The van der Waals surface area contributed by atoms with Gasteiger partial charge in [-0.1, -0.05) is 29.8 Å². The van der Waals surface area contributed by atoms with Crippen molar-refractivity contribution in [2.45, 2.75) is 26.8 Å². The Kier molecular flexibility index (Phi) is 4.65. The van der Waals surface area contributed by atoms with Gasteiger partial charge in [0.2, 0.25) is 0 Å². The fraction of sp³-hybridized carbons (Fsp3) is 0.250. The van der Waals surface area contributed by atoms with Crippen molar-refractivity contribution in [1.82, 2.24) is 9.55 Å². The van der Waals surface area contributed by atoms with Gasteiger partial charge in [0.1, 0.15) is 22.9 Å². The molecule has 0 saturated carbocycles. The van der Waals surface area contributed by atoms with Gasteiger partial charge in [-0.25, -0.2) is 9.37 Å². The highest BCUT2D eigenvalue weighted by molar-refractivity contribution is 5.86. The molecule has 0 aliphatic carbocycles. The lowest BCUT2D eigenvalue weighted by molar-refractivity contribution is 0.419. The molecule has 0 bridgehead atoms. The number of para-hydroxylation sites is 1. The average molecular weight is 324 g/mol. The minimum atomic E-state index is -0.268. The van der Waals surface area contributed by atoms with Crippen LogP contribution in [0.1, 0.15) is 20.3 Å². The minimum absolute atomic E-state index is 0.268. The molecule has 0 atom stereocenters. The highest BCUT2D eigenvalue weighted by atomic mass is 19.1. The van der Waals surface area contributed by atoms with E-state index < -0.39 is 0 Å². The van der Waals surface area contributed by atoms with Crippen LogP contribution in [0.25, 0.3) is 22.4 Å². The monoisotopic (exact) mass is 324 g/mol. The topological polar surface area (TPSA) is 27.1 Å². The second-order valence-corrected chi connectivity index (χ2v) is 5.97. The Balaban J connectivity index is 2.19. The quantitative estimate of drug-likeness (QED) is 0.603. The van der Waals surface area contributed by atoms with Gasteiger partial charge in [-0.05, 0) is 44.5 Å². The van der Waals surface area contributed by atoms with Crippen LogP contribution in [0.5, 0.6) is 5.75 Å². The van der Waals surface area contributed by atoms with Crippen molar-refractivity contribution in [1.29, 1.82) is 0 Å². The van der Waals surface area contributed by atoms with Gasteiger partial charge in [0.25, 0.3) is 0 Å². The minimum Gasteiger partial charge on any atom is -0.494 e. The lowest BCUT2D eigenvalue weighted by Gasteiger charge is -2.09. The molecular weight excluding hydrogens is 303 g/mol. The number of ether oxygens (including phenoxy) is 1. The maximum Gasteiger partial charge on any atom is 0.146 e. The number of aromatic nitrogens is 2. The van der Waals surface area contributed by atoms with E-state index in [1.165, 1.54) is 11.6 Å². The number of hydrogen-bond donors (Lipinski definition) is 0. The van der Waals surface area contributed by atoms with Crippen molar-refractivity contribution < 1.29 is 9.13 Å². The van der Waals surface area contributed by atoms with Crippen LogP contribution in [-0.4, -0.2) is 16.7 Å². The third-order valence-electron chi connectivity index (χ3n) is 3.98. The van der Waals surface area contributed by atoms with Gasteiger partial charge in [-0.2, -0.15) is 0 Å². The molecular formula is C20H21FN2O. The van der Waals surface area contributed by atoms with Crippen LogP contribution in [0.15, 0.2) is 54.1 Å². The van der Waals surface area contributed by atoms with Crippen LogP contribution in [0.2, 0.25) is 0 Å². The number of allylic oxidation sites excluding steroid dienone is 2. The molecule has 0 amide bonds. The molecule has 1 aromatic heterocycles. The van der Waals surface area contributed by atoms with E-state index in [4.69, 9.17) is 4.74 Å². The summed E-state index contributed by atoms with van der Waals surface area (Å²) in [5.41, 5.74) is 3.49. The largest absolute Gasteiger partial charge is 0.494 e. The van der Waals surface area contributed by atoms with E-state index in [9.17, 15) is 4.39 Å². The second kappa shape index (κ2) is 6.87. The van der Waals surface area contributed by atoms with Gasteiger partial charge in [-0.15, -0.1) is 0 Å². The van der Waals surface area contributed by atoms with Crippen molar-refractivity contribution in [3.8, 4) is 17.1 Å². The van der Waals surface area contributed by atoms with Crippen molar-refractivity contribution in [3.63, 3.8) is 0 Å². The number of imidazole rings is 1. The summed E-state index contributed by atoms with van der Waals surface area (Å²) in [5.74, 6) is 1.07. The molecule has 0 spiro atoms. The number of benzene rings is 2. The van der Waals surface area contributed by atoms with E-state index in [1.807, 2.05) is 24.3 Å². The highest BCUT2D eigenvalue weighted by Gasteiger charge is 2.17. The molecule has 1 heterocycles. The van der Waals surface area contributed by atoms with Crippen LogP contribution in [0.4, 0.5) is 4.39 Å². The number of fused-ring (bicyclic) bond motifs is 1. The number of hydrogen-bond acceptors (Lipinski definition) is 2. The molecule has 124 valence electrons. The Labute approximate surface area is 141 Å². The Morgan fingerprint density at radius 3 is 2.67 bits per heavy atom. The van der Waals surface area contributed by atoms with Crippen molar-refractivity contribution in [2.24, 2.45) is 0 Å². The summed E-state index contributed by atoms with van der Waals surface area (Å²) >= 11 is 0. The molecule has 0 fully saturated rings. The fourth-order valence-corrected chi connectivity index (χ4v) is 2.84. The van der Waals surface area contributed by atoms with Crippen LogP contribution in [-0.2, 0) is 6.54 Å². The van der Waals surface area contributed by atoms with Gasteiger partial charge >= 0.3 is 0 Å². The summed E-state index contributed by atoms with van der Waals surface area (Å²) in [6.07, 6.45) is 3.05. The summed E-state index contributed by atoms with van der Waals surface area (Å²) in [6.45, 7) is 4.89. The Morgan fingerprint density at radius 2 is 1.96 bits per heavy atom. The molecule has 2 aromatic carbocycles. The van der Waals surface area contributed by atoms with Crippen molar-refractivity contribution in [3.05, 3.63) is 59.9 Å². The Hall–Kier alpha value is -2.62. The zero-order valence-corrected chi connectivity index (χ0v) is 14.2. The number of methoxy groups -OCH3 is 1. The Bertz CT molecular complexity index is 892. The van der Waals surface area contributed by atoms with Crippen LogP contribution < -0.4 is 4.74 Å². The van der Waals surface area contributed by atoms with Crippen molar-refractivity contribution in [2.75, 3.05) is 7.11 Å². The van der Waals surface area contributed by atoms with E-state index in [1.54, 1.807) is 19.2 Å². The number of rotatable bonds is 5. The van der Waals surface area contributed by atoms with E-state index in [2.05, 4.69) is 29.5 Å². The number of halogens is 1. The summed E-state index contributed by atoms with van der Waals surface area (Å²) < 4.78 is 21.8. The molecule has 24 heavy (non-hydrogen) atoms. The highest BCUT2D eigenvalue weighted by Crippen LogP contribution is 2.31. The molecule has 0 aliphatic rings. The molecule has 0 radical (unpaired) electrons. The first-order chi connectivity index (χ1) is 11.6. The first kappa shape index (κ1) is 16.2. The number of nitrogens with zero attached hydrogens (tertiary/aromatic N) is 2. The van der Waals surface area contributed by atoms with Gasteiger partial charge in [-0.3, -0.25) is 0 Å². The lowest BCUT2D eigenvalue weighted by atomic mass is 10.2. The molecule has 0 N–H and O–H groups in total. The molecule has 0 aliphatic heterocycles. The molecule has 3 nitrogen and oxygen atoms in total. The molecule has 3 aromatic rings. The lowest BCUT2D eigenvalue weighted by Crippen LogP contribution is -2.01. The van der Waals surface area contributed by atoms with E-state index in [0.29, 0.717) is 17.1 Å². The maximum atomic E-state index is 14.3. The van der Waals surface area contributed by atoms with Crippen LogP contribution in [0.3, 0.4) is 0 Å². The van der Waals surface area contributed by atoms with E-state index in [0.717, 1.165) is 24.0 Å². The van der Waals surface area contributed by atoms with Gasteiger partial charge in [0.15, 0.2) is 0 Å². The molecule has 3 rings (SSSR count). The number of aryl methyl sites for hydroxylation is 1. The average Bonchev–Trinajstić information content (AvgIpc) is 2.93. The normalized spacial score (nSPS) is 10.8. The predicted octanol–water partition coefficient (Wildman–Crippen LogP) is 5.21. The van der Waals surface area contributed by atoms with Crippen LogP contribution in [0, 0.1) is 5.82 Å². The first-order valence-electron chi connectivity index (χ1n) is 8.03. The van der Waals surface area contributed by atoms with Gasteiger partial charge in [0.05, 0.1) is 18.2 Å². The second-order valence-electron chi connectivity index (χ2n) is 5.97. The van der Waals surface area contributed by atoms with Crippen molar-refractivity contribution >= 4 is 11.0 Å². The third kappa shape index (κ3) is 3.04.